The van der Waals surface area contributed by atoms with Crippen LogP contribution in [-0.4, -0.2) is 29.7 Å². The molecule has 0 aliphatic heterocycles. The van der Waals surface area contributed by atoms with Gasteiger partial charge in [-0.2, -0.15) is 4.31 Å². The molecule has 1 aromatic carbocycles. The van der Waals surface area contributed by atoms with E-state index in [1.54, 1.807) is 0 Å². The molecule has 0 bridgehead atoms. The van der Waals surface area contributed by atoms with Gasteiger partial charge in [0.25, 0.3) is 0 Å². The van der Waals surface area contributed by atoms with Crippen LogP contribution in [0.4, 0.5) is 0 Å². The van der Waals surface area contributed by atoms with Gasteiger partial charge in [-0.15, -0.1) is 0 Å². The third kappa shape index (κ3) is 3.33. The molecule has 2 aromatic rings. The molecule has 7 heteroatoms. The Kier molecular flexibility index (Phi) is 4.37. The zero-order valence-electron chi connectivity index (χ0n) is 11.1. The lowest BCUT2D eigenvalue weighted by Gasteiger charge is -2.17. The van der Waals surface area contributed by atoms with E-state index in [0.717, 1.165) is 11.1 Å². The molecule has 1 heterocycles. The van der Waals surface area contributed by atoms with Gasteiger partial charge in [-0.1, -0.05) is 29.8 Å². The molecule has 2 rings (SSSR count). The summed E-state index contributed by atoms with van der Waals surface area (Å²) >= 11 is 5.56. The summed E-state index contributed by atoms with van der Waals surface area (Å²) in [6, 6.07) is 7.70. The Bertz CT molecular complexity index is 685. The summed E-state index contributed by atoms with van der Waals surface area (Å²) in [6.45, 7) is 2.26. The van der Waals surface area contributed by atoms with Gasteiger partial charge in [0.2, 0.25) is 15.3 Å². The average molecular weight is 312 g/mol. The first-order valence-electron chi connectivity index (χ1n) is 5.89. The van der Waals surface area contributed by atoms with Crippen molar-refractivity contribution < 1.29 is 8.42 Å². The van der Waals surface area contributed by atoms with E-state index >= 15 is 0 Å². The highest BCUT2D eigenvalue weighted by Gasteiger charge is 2.21. The van der Waals surface area contributed by atoms with E-state index in [0.29, 0.717) is 0 Å². The Morgan fingerprint density at radius 3 is 2.25 bits per heavy atom. The van der Waals surface area contributed by atoms with E-state index in [9.17, 15) is 8.42 Å². The van der Waals surface area contributed by atoms with Gasteiger partial charge >= 0.3 is 0 Å². The molecule has 0 aliphatic carbocycles. The van der Waals surface area contributed by atoms with Crippen LogP contribution < -0.4 is 0 Å². The van der Waals surface area contributed by atoms with Gasteiger partial charge in [-0.05, 0) is 24.1 Å². The Morgan fingerprint density at radius 2 is 1.70 bits per heavy atom. The van der Waals surface area contributed by atoms with Crippen molar-refractivity contribution in [3.63, 3.8) is 0 Å². The monoisotopic (exact) mass is 311 g/mol. The lowest BCUT2D eigenvalue weighted by atomic mass is 10.1. The molecule has 5 nitrogen and oxygen atoms in total. The largest absolute Gasteiger partial charge is 0.246 e. The lowest BCUT2D eigenvalue weighted by Crippen LogP contribution is -2.26. The molecule has 106 valence electrons. The number of hydrogen-bond acceptors (Lipinski definition) is 4. The molecule has 20 heavy (non-hydrogen) atoms. The van der Waals surface area contributed by atoms with Crippen molar-refractivity contribution in [1.29, 1.82) is 0 Å². The molecule has 0 amide bonds. The van der Waals surface area contributed by atoms with Crippen molar-refractivity contribution >= 4 is 21.6 Å². The van der Waals surface area contributed by atoms with E-state index in [1.165, 1.54) is 23.7 Å². The third-order valence-corrected chi connectivity index (χ3v) is 4.78. The van der Waals surface area contributed by atoms with E-state index in [1.807, 2.05) is 31.2 Å². The number of halogens is 1. The van der Waals surface area contributed by atoms with Crippen LogP contribution in [-0.2, 0) is 16.6 Å². The van der Waals surface area contributed by atoms with Crippen molar-refractivity contribution in [3.8, 4) is 0 Å². The highest BCUT2D eigenvalue weighted by molar-refractivity contribution is 7.89. The fourth-order valence-electron chi connectivity index (χ4n) is 1.65. The highest BCUT2D eigenvalue weighted by Crippen LogP contribution is 2.16. The van der Waals surface area contributed by atoms with Crippen molar-refractivity contribution in [3.05, 3.63) is 53.1 Å². The minimum Gasteiger partial charge on any atom is -0.225 e. The highest BCUT2D eigenvalue weighted by atomic mass is 35.5. The summed E-state index contributed by atoms with van der Waals surface area (Å²) < 4.78 is 25.9. The summed E-state index contributed by atoms with van der Waals surface area (Å²) in [5.74, 6) is 0. The predicted molar refractivity (Wildman–Crippen MR) is 76.9 cm³/mol. The summed E-state index contributed by atoms with van der Waals surface area (Å²) in [4.78, 5) is 7.41. The van der Waals surface area contributed by atoms with Crippen molar-refractivity contribution in [2.24, 2.45) is 0 Å². The Morgan fingerprint density at radius 1 is 1.15 bits per heavy atom. The second-order valence-electron chi connectivity index (χ2n) is 4.43. The SMILES string of the molecule is Cc1ccc(CN(C)S(=O)(=O)c2cnc(Cl)nc2)cc1. The molecule has 0 aliphatic rings. The number of aromatic nitrogens is 2. The van der Waals surface area contributed by atoms with Gasteiger partial charge < -0.3 is 0 Å². The molecule has 0 spiro atoms. The summed E-state index contributed by atoms with van der Waals surface area (Å²) in [5, 5.41) is 0.0186. The summed E-state index contributed by atoms with van der Waals surface area (Å²) in [5.41, 5.74) is 2.04. The van der Waals surface area contributed by atoms with Crippen LogP contribution in [0.1, 0.15) is 11.1 Å². The van der Waals surface area contributed by atoms with E-state index in [-0.39, 0.29) is 16.7 Å². The van der Waals surface area contributed by atoms with Crippen LogP contribution in [0.25, 0.3) is 0 Å². The first kappa shape index (κ1) is 14.9. The topological polar surface area (TPSA) is 63.2 Å². The molecule has 0 radical (unpaired) electrons. The summed E-state index contributed by atoms with van der Waals surface area (Å²) in [7, 11) is -2.10. The summed E-state index contributed by atoms with van der Waals surface area (Å²) in [6.07, 6.45) is 2.41. The first-order chi connectivity index (χ1) is 9.39. The maximum Gasteiger partial charge on any atom is 0.246 e. The maximum atomic E-state index is 12.3. The molecule has 0 fully saturated rings. The van der Waals surface area contributed by atoms with Crippen LogP contribution in [0.15, 0.2) is 41.6 Å². The van der Waals surface area contributed by atoms with Crippen molar-refractivity contribution in [2.75, 3.05) is 7.05 Å². The predicted octanol–water partition coefficient (Wildman–Crippen LogP) is 2.26. The zero-order valence-corrected chi connectivity index (χ0v) is 12.7. The zero-order chi connectivity index (χ0) is 14.8. The Balaban J connectivity index is 2.21. The Hall–Kier alpha value is -1.50. The Labute approximate surface area is 123 Å². The molecule has 0 saturated heterocycles. The van der Waals surface area contributed by atoms with Gasteiger partial charge in [0, 0.05) is 13.6 Å². The van der Waals surface area contributed by atoms with E-state index in [2.05, 4.69) is 9.97 Å². The molecule has 0 atom stereocenters. The minimum absolute atomic E-state index is 0.0186. The molecule has 0 saturated carbocycles. The molecule has 1 aromatic heterocycles. The fourth-order valence-corrected chi connectivity index (χ4v) is 2.80. The second-order valence-corrected chi connectivity index (χ2v) is 6.82. The van der Waals surface area contributed by atoms with Gasteiger partial charge in [0.15, 0.2) is 0 Å². The quantitative estimate of drug-likeness (QED) is 0.813. The first-order valence-corrected chi connectivity index (χ1v) is 7.71. The van der Waals surface area contributed by atoms with Crippen LogP contribution in [0, 0.1) is 6.92 Å². The van der Waals surface area contributed by atoms with E-state index < -0.39 is 10.0 Å². The molecular weight excluding hydrogens is 298 g/mol. The number of nitrogens with zero attached hydrogens (tertiary/aromatic N) is 3. The normalized spacial score (nSPS) is 11.8. The number of sulfonamides is 1. The number of hydrogen-bond donors (Lipinski definition) is 0. The van der Waals surface area contributed by atoms with Gasteiger partial charge in [0.1, 0.15) is 4.90 Å². The molecule has 0 unspecified atom stereocenters. The fraction of sp³-hybridized carbons (Fsp3) is 0.231. The average Bonchev–Trinajstić information content (AvgIpc) is 2.42. The minimum atomic E-state index is -3.61. The number of rotatable bonds is 4. The van der Waals surface area contributed by atoms with Crippen LogP contribution >= 0.6 is 11.6 Å². The van der Waals surface area contributed by atoms with Crippen LogP contribution in [0.5, 0.6) is 0 Å². The van der Waals surface area contributed by atoms with Gasteiger partial charge in [0.05, 0.1) is 12.4 Å². The molecule has 0 N–H and O–H groups in total. The maximum absolute atomic E-state index is 12.3. The number of aryl methyl sites for hydroxylation is 1. The standard InChI is InChI=1S/C13H14ClN3O2S/c1-10-3-5-11(6-4-10)9-17(2)20(18,19)12-7-15-13(14)16-8-12/h3-8H,9H2,1-2H3. The number of benzene rings is 1. The van der Waals surface area contributed by atoms with Gasteiger partial charge in [-0.3, -0.25) is 0 Å². The smallest absolute Gasteiger partial charge is 0.225 e. The van der Waals surface area contributed by atoms with Crippen molar-refractivity contribution in [1.82, 2.24) is 14.3 Å². The van der Waals surface area contributed by atoms with Gasteiger partial charge in [-0.25, -0.2) is 18.4 Å². The third-order valence-electron chi connectivity index (χ3n) is 2.83. The second kappa shape index (κ2) is 5.87. The van der Waals surface area contributed by atoms with E-state index in [4.69, 9.17) is 11.6 Å². The van der Waals surface area contributed by atoms with Crippen molar-refractivity contribution in [2.45, 2.75) is 18.4 Å². The lowest BCUT2D eigenvalue weighted by molar-refractivity contribution is 0.466. The van der Waals surface area contributed by atoms with Crippen LogP contribution in [0.3, 0.4) is 0 Å². The molecular formula is C13H14ClN3O2S. The van der Waals surface area contributed by atoms with Crippen LogP contribution in [0.2, 0.25) is 5.28 Å².